The summed E-state index contributed by atoms with van der Waals surface area (Å²) in [5.74, 6) is 0. The molecule has 1 unspecified atom stereocenters. The third-order valence-corrected chi connectivity index (χ3v) is 4.99. The van der Waals surface area contributed by atoms with E-state index in [1.165, 1.54) is 27.8 Å². The highest BCUT2D eigenvalue weighted by atomic mass is 31.0. The maximum atomic E-state index is 4.90. The summed E-state index contributed by atoms with van der Waals surface area (Å²) in [4.78, 5) is 4.90. The number of hydrogen-bond donors (Lipinski definition) is 0. The quantitative estimate of drug-likeness (QED) is 0.384. The van der Waals surface area contributed by atoms with Gasteiger partial charge in [-0.25, -0.2) is 0 Å². The fourth-order valence-corrected chi connectivity index (χ4v) is 3.78. The standard InChI is InChI=1S/C24H20NP/c26-17-22-21(18-10-4-1-5-11-18)16-25-24(20-14-8-3-9-15-20)23(22)19-12-6-2-7-13-19/h1-16H,17,26H2. The lowest BCUT2D eigenvalue weighted by atomic mass is 9.90. The lowest BCUT2D eigenvalue weighted by Gasteiger charge is -2.18. The number of benzene rings is 3. The van der Waals surface area contributed by atoms with Crippen LogP contribution in [0.25, 0.3) is 33.5 Å². The van der Waals surface area contributed by atoms with Crippen LogP contribution in [0.15, 0.2) is 97.2 Å². The van der Waals surface area contributed by atoms with E-state index in [0.29, 0.717) is 0 Å². The zero-order valence-corrected chi connectivity index (χ0v) is 15.6. The van der Waals surface area contributed by atoms with Gasteiger partial charge in [0.25, 0.3) is 0 Å². The summed E-state index contributed by atoms with van der Waals surface area (Å²) < 4.78 is 0. The van der Waals surface area contributed by atoms with Crippen molar-refractivity contribution in [2.75, 3.05) is 0 Å². The van der Waals surface area contributed by atoms with Crippen molar-refractivity contribution < 1.29 is 0 Å². The van der Waals surface area contributed by atoms with E-state index in [4.69, 9.17) is 4.98 Å². The SMILES string of the molecule is PCc1c(-c2ccccc2)cnc(-c2ccccc2)c1-c1ccccc1. The van der Waals surface area contributed by atoms with E-state index in [-0.39, 0.29) is 0 Å². The van der Waals surface area contributed by atoms with Crippen molar-refractivity contribution in [2.45, 2.75) is 6.16 Å². The van der Waals surface area contributed by atoms with Gasteiger partial charge in [0.15, 0.2) is 0 Å². The molecule has 0 aliphatic rings. The van der Waals surface area contributed by atoms with Gasteiger partial charge in [0.05, 0.1) is 5.69 Å². The van der Waals surface area contributed by atoms with E-state index in [0.717, 1.165) is 17.4 Å². The molecule has 1 heterocycles. The van der Waals surface area contributed by atoms with Crippen molar-refractivity contribution >= 4 is 9.24 Å². The predicted octanol–water partition coefficient (Wildman–Crippen LogP) is 6.46. The van der Waals surface area contributed by atoms with Gasteiger partial charge >= 0.3 is 0 Å². The summed E-state index contributed by atoms with van der Waals surface area (Å²) in [6, 6.07) is 31.5. The Morgan fingerprint density at radius 3 is 1.65 bits per heavy atom. The first-order valence-corrected chi connectivity index (χ1v) is 9.58. The highest BCUT2D eigenvalue weighted by Gasteiger charge is 2.17. The maximum Gasteiger partial charge on any atom is 0.0783 e. The Morgan fingerprint density at radius 1 is 0.615 bits per heavy atom. The molecule has 0 aliphatic heterocycles. The van der Waals surface area contributed by atoms with Crippen molar-refractivity contribution in [1.29, 1.82) is 0 Å². The van der Waals surface area contributed by atoms with Gasteiger partial charge in [-0.05, 0) is 22.9 Å². The molecular formula is C24H20NP. The van der Waals surface area contributed by atoms with Crippen molar-refractivity contribution in [2.24, 2.45) is 0 Å². The van der Waals surface area contributed by atoms with Gasteiger partial charge in [-0.1, -0.05) is 91.0 Å². The fraction of sp³-hybridized carbons (Fsp3) is 0.0417. The predicted molar refractivity (Wildman–Crippen MR) is 114 cm³/mol. The van der Waals surface area contributed by atoms with Crippen molar-refractivity contribution in [3.8, 4) is 33.5 Å². The molecule has 1 atom stereocenters. The van der Waals surface area contributed by atoms with Gasteiger partial charge in [-0.15, -0.1) is 9.24 Å². The van der Waals surface area contributed by atoms with Crippen molar-refractivity contribution in [3.05, 3.63) is 103 Å². The number of nitrogens with zero attached hydrogens (tertiary/aromatic N) is 1. The molecular weight excluding hydrogens is 333 g/mol. The molecule has 0 N–H and O–H groups in total. The molecule has 2 heteroatoms. The zero-order valence-electron chi connectivity index (χ0n) is 14.5. The summed E-state index contributed by atoms with van der Waals surface area (Å²) in [5, 5.41) is 0. The molecule has 0 saturated carbocycles. The second-order valence-corrected chi connectivity index (χ2v) is 6.58. The molecule has 4 aromatic rings. The molecule has 1 aromatic heterocycles. The Balaban J connectivity index is 2.03. The minimum atomic E-state index is 0.872. The van der Waals surface area contributed by atoms with Gasteiger partial charge in [-0.2, -0.15) is 0 Å². The van der Waals surface area contributed by atoms with Crippen LogP contribution in [0.3, 0.4) is 0 Å². The van der Waals surface area contributed by atoms with Gasteiger partial charge in [0.2, 0.25) is 0 Å². The minimum absolute atomic E-state index is 0.872. The lowest BCUT2D eigenvalue weighted by Crippen LogP contribution is -1.98. The minimum Gasteiger partial charge on any atom is -0.255 e. The lowest BCUT2D eigenvalue weighted by molar-refractivity contribution is 1.27. The fourth-order valence-electron chi connectivity index (χ4n) is 3.36. The van der Waals surface area contributed by atoms with E-state index in [1.54, 1.807) is 0 Å². The topological polar surface area (TPSA) is 12.9 Å². The molecule has 0 amide bonds. The van der Waals surface area contributed by atoms with Crippen LogP contribution in [0.2, 0.25) is 0 Å². The first-order valence-electron chi connectivity index (χ1n) is 8.76. The van der Waals surface area contributed by atoms with Crippen LogP contribution in [0.5, 0.6) is 0 Å². The molecule has 0 bridgehead atoms. The molecule has 3 aromatic carbocycles. The second-order valence-electron chi connectivity index (χ2n) is 6.18. The van der Waals surface area contributed by atoms with Crippen LogP contribution in [0.4, 0.5) is 0 Å². The van der Waals surface area contributed by atoms with Crippen LogP contribution >= 0.6 is 9.24 Å². The summed E-state index contributed by atoms with van der Waals surface area (Å²) in [6.07, 6.45) is 2.89. The average molecular weight is 353 g/mol. The molecule has 26 heavy (non-hydrogen) atoms. The molecule has 0 spiro atoms. The molecule has 0 radical (unpaired) electrons. The average Bonchev–Trinajstić information content (AvgIpc) is 2.74. The normalized spacial score (nSPS) is 10.7. The van der Waals surface area contributed by atoms with E-state index >= 15 is 0 Å². The number of hydrogen-bond acceptors (Lipinski definition) is 1. The van der Waals surface area contributed by atoms with Gasteiger partial charge in [-0.3, -0.25) is 4.98 Å². The van der Waals surface area contributed by atoms with E-state index in [2.05, 4.69) is 88.1 Å². The maximum absolute atomic E-state index is 4.90. The summed E-state index contributed by atoms with van der Waals surface area (Å²) >= 11 is 0. The summed E-state index contributed by atoms with van der Waals surface area (Å²) in [6.45, 7) is 0. The molecule has 4 rings (SSSR count). The van der Waals surface area contributed by atoms with Crippen LogP contribution in [-0.2, 0) is 6.16 Å². The Kier molecular flexibility index (Phi) is 4.91. The summed E-state index contributed by atoms with van der Waals surface area (Å²) in [7, 11) is 2.90. The van der Waals surface area contributed by atoms with E-state index in [1.807, 2.05) is 18.3 Å². The second kappa shape index (κ2) is 7.64. The molecule has 126 valence electrons. The molecule has 0 fully saturated rings. The van der Waals surface area contributed by atoms with Crippen LogP contribution in [0.1, 0.15) is 5.56 Å². The van der Waals surface area contributed by atoms with Gasteiger partial charge < -0.3 is 0 Å². The monoisotopic (exact) mass is 353 g/mol. The summed E-state index contributed by atoms with van der Waals surface area (Å²) in [5.41, 5.74) is 8.30. The molecule has 0 aliphatic carbocycles. The largest absolute Gasteiger partial charge is 0.255 e. The first kappa shape index (κ1) is 16.7. The molecule has 0 saturated heterocycles. The zero-order chi connectivity index (χ0) is 17.8. The highest BCUT2D eigenvalue weighted by molar-refractivity contribution is 7.15. The van der Waals surface area contributed by atoms with Crippen LogP contribution < -0.4 is 0 Å². The van der Waals surface area contributed by atoms with Crippen molar-refractivity contribution in [3.63, 3.8) is 0 Å². The van der Waals surface area contributed by atoms with Crippen molar-refractivity contribution in [1.82, 2.24) is 4.98 Å². The number of aromatic nitrogens is 1. The smallest absolute Gasteiger partial charge is 0.0783 e. The third-order valence-electron chi connectivity index (χ3n) is 4.59. The third kappa shape index (κ3) is 3.19. The Labute approximate surface area is 157 Å². The number of pyridine rings is 1. The first-order chi connectivity index (χ1) is 12.9. The number of rotatable bonds is 4. The van der Waals surface area contributed by atoms with E-state index in [9.17, 15) is 0 Å². The van der Waals surface area contributed by atoms with Crippen LogP contribution in [-0.4, -0.2) is 4.98 Å². The Hall–Kier alpha value is -2.76. The highest BCUT2D eigenvalue weighted by Crippen LogP contribution is 2.39. The Bertz CT molecular complexity index is 996. The Morgan fingerprint density at radius 2 is 1.12 bits per heavy atom. The van der Waals surface area contributed by atoms with Gasteiger partial charge in [0, 0.05) is 22.9 Å². The van der Waals surface area contributed by atoms with Crippen LogP contribution in [0, 0.1) is 0 Å². The van der Waals surface area contributed by atoms with E-state index < -0.39 is 0 Å². The van der Waals surface area contributed by atoms with Gasteiger partial charge in [0.1, 0.15) is 0 Å². The molecule has 1 nitrogen and oxygen atoms in total.